The second kappa shape index (κ2) is 11.4. The number of primary amides is 1. The van der Waals surface area contributed by atoms with Crippen molar-refractivity contribution in [3.8, 4) is 0 Å². The molecule has 1 fully saturated rings. The summed E-state index contributed by atoms with van der Waals surface area (Å²) in [7, 11) is 0. The van der Waals surface area contributed by atoms with E-state index in [1.165, 1.54) is 11.0 Å². The number of nitrogens with two attached hydrogens (primary N) is 1. The third kappa shape index (κ3) is 6.86. The molecular weight excluding hydrogens is 464 g/mol. The molecule has 0 aromatic carbocycles. The molecule has 0 radical (unpaired) electrons. The van der Waals surface area contributed by atoms with Gasteiger partial charge in [0.25, 0.3) is 5.91 Å². The van der Waals surface area contributed by atoms with E-state index in [0.717, 1.165) is 0 Å². The highest BCUT2D eigenvalue weighted by molar-refractivity contribution is 6.38. The third-order valence-electron chi connectivity index (χ3n) is 6.12. The first-order valence-corrected chi connectivity index (χ1v) is 11.3. The van der Waals surface area contributed by atoms with Gasteiger partial charge in [0.1, 0.15) is 18.1 Å². The van der Waals surface area contributed by atoms with Crippen LogP contribution in [0.3, 0.4) is 0 Å². The topological polar surface area (TPSA) is 151 Å². The molecule has 0 aromatic rings. The number of halogens is 2. The number of likely N-dealkylation sites (tertiary alicyclic amines) is 1. The molecule has 2 aliphatic rings. The molecule has 1 aliphatic heterocycles. The average Bonchev–Trinajstić information content (AvgIpc) is 3.34. The Balaban J connectivity index is 2.32. The lowest BCUT2D eigenvalue weighted by Gasteiger charge is -2.36. The van der Waals surface area contributed by atoms with Crippen LogP contribution in [0.5, 0.6) is 0 Å². The van der Waals surface area contributed by atoms with Gasteiger partial charge in [-0.25, -0.2) is 13.6 Å². The van der Waals surface area contributed by atoms with E-state index in [2.05, 4.69) is 22.5 Å². The minimum absolute atomic E-state index is 0.0543. The molecule has 1 aliphatic carbocycles. The van der Waals surface area contributed by atoms with Crippen molar-refractivity contribution in [1.82, 2.24) is 20.9 Å². The molecule has 1 saturated heterocycles. The number of hydrogen-bond acceptors (Lipinski definition) is 5. The number of Topliss-reactive ketones (excluding diaryl/α,β-unsaturated/α-hetero) is 1. The van der Waals surface area contributed by atoms with Crippen molar-refractivity contribution in [3.63, 3.8) is 0 Å². The van der Waals surface area contributed by atoms with Gasteiger partial charge >= 0.3 is 6.03 Å². The van der Waals surface area contributed by atoms with Crippen LogP contribution in [0.15, 0.2) is 24.8 Å². The summed E-state index contributed by atoms with van der Waals surface area (Å²) in [5.41, 5.74) is 4.51. The minimum Gasteiger partial charge on any atom is -0.352 e. The molecule has 0 spiro atoms. The molecule has 2 rings (SSSR count). The molecule has 5 N–H and O–H groups in total. The fourth-order valence-electron chi connectivity index (χ4n) is 4.46. The van der Waals surface area contributed by atoms with Gasteiger partial charge in [0, 0.05) is 25.4 Å². The summed E-state index contributed by atoms with van der Waals surface area (Å²) in [5, 5.41) is 6.91. The van der Waals surface area contributed by atoms with Gasteiger partial charge in [-0.1, -0.05) is 39.0 Å². The van der Waals surface area contributed by atoms with E-state index in [-0.39, 0.29) is 24.9 Å². The van der Waals surface area contributed by atoms with E-state index in [4.69, 9.17) is 5.73 Å². The third-order valence-corrected chi connectivity index (χ3v) is 6.12. The van der Waals surface area contributed by atoms with Crippen molar-refractivity contribution < 1.29 is 32.8 Å². The summed E-state index contributed by atoms with van der Waals surface area (Å²) in [4.78, 5) is 64.2. The Labute approximate surface area is 202 Å². The van der Waals surface area contributed by atoms with E-state index in [1.807, 2.05) is 12.2 Å². The number of fused-ring (bicyclic) bond motifs is 1. The van der Waals surface area contributed by atoms with E-state index >= 15 is 0 Å². The summed E-state index contributed by atoms with van der Waals surface area (Å²) < 4.78 is 26.4. The number of allylic oxidation sites excluding steroid dienone is 1. The van der Waals surface area contributed by atoms with Crippen LogP contribution in [0.2, 0.25) is 0 Å². The van der Waals surface area contributed by atoms with Gasteiger partial charge in [0.2, 0.25) is 24.0 Å². The first kappa shape index (κ1) is 27.9. The van der Waals surface area contributed by atoms with Gasteiger partial charge in [-0.05, 0) is 17.8 Å². The normalized spacial score (nSPS) is 22.8. The van der Waals surface area contributed by atoms with Crippen LogP contribution < -0.4 is 21.7 Å². The zero-order valence-electron chi connectivity index (χ0n) is 20.1. The first-order chi connectivity index (χ1) is 16.3. The van der Waals surface area contributed by atoms with Crippen LogP contribution >= 0.6 is 0 Å². The Hall–Kier alpha value is -3.31. The van der Waals surface area contributed by atoms with E-state index in [0.29, 0.717) is 6.42 Å². The van der Waals surface area contributed by atoms with Gasteiger partial charge < -0.3 is 26.6 Å². The number of ketones is 1. The number of hydrogen-bond donors (Lipinski definition) is 4. The molecule has 5 atom stereocenters. The van der Waals surface area contributed by atoms with Gasteiger partial charge in [0.05, 0.1) is 0 Å². The highest BCUT2D eigenvalue weighted by Crippen LogP contribution is 2.39. The highest BCUT2D eigenvalue weighted by Gasteiger charge is 2.51. The molecule has 12 heteroatoms. The van der Waals surface area contributed by atoms with Crippen molar-refractivity contribution in [3.05, 3.63) is 24.8 Å². The zero-order chi connectivity index (χ0) is 26.5. The fourth-order valence-corrected chi connectivity index (χ4v) is 4.46. The maximum absolute atomic E-state index is 13.5. The van der Waals surface area contributed by atoms with Gasteiger partial charge in [-0.2, -0.15) is 0 Å². The van der Waals surface area contributed by atoms with Crippen LogP contribution in [-0.4, -0.2) is 72.1 Å². The number of urea groups is 1. The number of amides is 5. The van der Waals surface area contributed by atoms with Crippen LogP contribution in [0, 0.1) is 17.3 Å². The SMILES string of the molecule is C=CCNC(=O)C(=O)[C@H](CC(F)F)NC(=O)[C@@H]1[C@H]2CC=C[C@H]2CN1C(=O)[C@@H](NC(N)=O)C(C)(C)C. The predicted octanol–water partition coefficient (Wildman–Crippen LogP) is 0.484. The number of alkyl halides is 2. The molecule has 194 valence electrons. The molecular formula is C23H33F2N5O5. The second-order valence-corrected chi connectivity index (χ2v) is 9.79. The van der Waals surface area contributed by atoms with E-state index in [1.54, 1.807) is 20.8 Å². The Morgan fingerprint density at radius 3 is 2.40 bits per heavy atom. The summed E-state index contributed by atoms with van der Waals surface area (Å²) in [6.07, 6.45) is 1.48. The summed E-state index contributed by atoms with van der Waals surface area (Å²) in [6.45, 7) is 8.66. The first-order valence-electron chi connectivity index (χ1n) is 11.3. The van der Waals surface area contributed by atoms with Crippen molar-refractivity contribution in [2.24, 2.45) is 23.0 Å². The molecule has 10 nitrogen and oxygen atoms in total. The van der Waals surface area contributed by atoms with Crippen LogP contribution in [0.4, 0.5) is 13.6 Å². The smallest absolute Gasteiger partial charge is 0.312 e. The fraction of sp³-hybridized carbons (Fsp3) is 0.609. The Morgan fingerprint density at radius 2 is 1.86 bits per heavy atom. The molecule has 0 aromatic heterocycles. The van der Waals surface area contributed by atoms with Crippen molar-refractivity contribution in [2.75, 3.05) is 13.1 Å². The van der Waals surface area contributed by atoms with Crippen molar-refractivity contribution in [1.29, 1.82) is 0 Å². The number of rotatable bonds is 10. The van der Waals surface area contributed by atoms with Crippen LogP contribution in [0.25, 0.3) is 0 Å². The van der Waals surface area contributed by atoms with Crippen molar-refractivity contribution in [2.45, 2.75) is 58.2 Å². The maximum Gasteiger partial charge on any atom is 0.312 e. The lowest BCUT2D eigenvalue weighted by Crippen LogP contribution is -2.60. The summed E-state index contributed by atoms with van der Waals surface area (Å²) in [6, 6.07) is -4.83. The second-order valence-electron chi connectivity index (χ2n) is 9.79. The molecule has 35 heavy (non-hydrogen) atoms. The summed E-state index contributed by atoms with van der Waals surface area (Å²) in [5.74, 6) is -4.24. The lowest BCUT2D eigenvalue weighted by atomic mass is 9.85. The molecule has 5 amide bonds. The largest absolute Gasteiger partial charge is 0.352 e. The van der Waals surface area contributed by atoms with Crippen LogP contribution in [0.1, 0.15) is 33.6 Å². The quantitative estimate of drug-likeness (QED) is 0.256. The minimum atomic E-state index is -2.97. The monoisotopic (exact) mass is 497 g/mol. The molecule has 1 heterocycles. The number of nitrogens with zero attached hydrogens (tertiary/aromatic N) is 1. The molecule has 0 saturated carbocycles. The predicted molar refractivity (Wildman–Crippen MR) is 123 cm³/mol. The molecule has 0 unspecified atom stereocenters. The highest BCUT2D eigenvalue weighted by atomic mass is 19.3. The number of carbonyl (C=O) groups is 5. The number of carbonyl (C=O) groups excluding carboxylic acids is 5. The lowest BCUT2D eigenvalue weighted by molar-refractivity contribution is -0.144. The van der Waals surface area contributed by atoms with Gasteiger partial charge in [-0.3, -0.25) is 19.2 Å². The van der Waals surface area contributed by atoms with E-state index < -0.39 is 65.9 Å². The standard InChI is InChI=1S/C23H33F2N5O5/c1-5-9-27-20(33)17(31)14(10-15(24)25)28-19(32)16-13-8-6-7-12(13)11-30(16)21(34)18(23(2,3)4)29-22(26)35/h5-7,12-16,18H,1,8-11H2,2-4H3,(H,27,33)(H,28,32)(H3,26,29,35)/t12-,13-,14-,16-,18+/m0/s1. The van der Waals surface area contributed by atoms with E-state index in [9.17, 15) is 32.8 Å². The zero-order valence-corrected chi connectivity index (χ0v) is 20.1. The van der Waals surface area contributed by atoms with Gasteiger partial charge in [0.15, 0.2) is 0 Å². The number of nitrogens with one attached hydrogen (secondary N) is 3. The Bertz CT molecular complexity index is 901. The molecule has 0 bridgehead atoms. The Morgan fingerprint density at radius 1 is 1.20 bits per heavy atom. The van der Waals surface area contributed by atoms with Crippen molar-refractivity contribution >= 4 is 29.5 Å². The Kier molecular flexibility index (Phi) is 9.11. The average molecular weight is 498 g/mol. The maximum atomic E-state index is 13.5. The van der Waals surface area contributed by atoms with Crippen LogP contribution in [-0.2, 0) is 19.2 Å². The summed E-state index contributed by atoms with van der Waals surface area (Å²) >= 11 is 0. The van der Waals surface area contributed by atoms with Gasteiger partial charge in [-0.15, -0.1) is 6.58 Å².